The van der Waals surface area contributed by atoms with Crippen molar-refractivity contribution in [2.45, 2.75) is 0 Å². The van der Waals surface area contributed by atoms with Crippen LogP contribution in [0.5, 0.6) is 23.1 Å². The molecule has 0 saturated heterocycles. The summed E-state index contributed by atoms with van der Waals surface area (Å²) in [5.41, 5.74) is 6.20. The molecule has 4 rings (SSSR count). The second-order valence-electron chi connectivity index (χ2n) is 6.78. The van der Waals surface area contributed by atoms with Gasteiger partial charge in [-0.15, -0.1) is 0 Å². The highest BCUT2D eigenvalue weighted by Crippen LogP contribution is 2.44. The Hall–Kier alpha value is -3.75. The quantitative estimate of drug-likeness (QED) is 0.367. The Morgan fingerprint density at radius 1 is 1.00 bits per heavy atom. The van der Waals surface area contributed by atoms with E-state index in [2.05, 4.69) is 15.3 Å². The lowest BCUT2D eigenvalue weighted by molar-refractivity contribution is 0.102. The fourth-order valence-corrected chi connectivity index (χ4v) is 3.83. The average molecular weight is 485 g/mol. The predicted molar refractivity (Wildman–Crippen MR) is 128 cm³/mol. The third-order valence-corrected chi connectivity index (χ3v) is 5.53. The molecule has 0 spiro atoms. The van der Waals surface area contributed by atoms with Gasteiger partial charge in [0, 0.05) is 23.9 Å². The lowest BCUT2D eigenvalue weighted by atomic mass is 10.0. The fraction of sp³-hybridized carbons (Fsp3) is 0.0870. The van der Waals surface area contributed by atoms with Crippen LogP contribution >= 0.6 is 23.2 Å². The monoisotopic (exact) mass is 484 g/mol. The minimum Gasteiger partial charge on any atom is -0.495 e. The molecule has 0 saturated carbocycles. The van der Waals surface area contributed by atoms with E-state index in [1.54, 1.807) is 42.5 Å². The number of hydrogen-bond donors (Lipinski definition) is 2. The van der Waals surface area contributed by atoms with Gasteiger partial charge in [-0.05, 0) is 35.0 Å². The highest BCUT2D eigenvalue weighted by Gasteiger charge is 2.20. The standard InChI is InChI=1S/C23H18Cl2N4O4/c1-31-16-11-17(32-2)20(25)21(19(16)24)29-22(30)15-5-3-4-12-10-13(6-7-14(12)15)33-18-8-9-27-23(26)28-18/h3-11H,1-2H3,(H,29,30)(H2,26,27,28). The van der Waals surface area contributed by atoms with Gasteiger partial charge in [-0.25, -0.2) is 4.98 Å². The number of nitrogens with zero attached hydrogens (tertiary/aromatic N) is 2. The molecule has 10 heteroatoms. The van der Waals surface area contributed by atoms with Crippen LogP contribution in [0, 0.1) is 0 Å². The first-order chi connectivity index (χ1) is 15.9. The van der Waals surface area contributed by atoms with Gasteiger partial charge in [-0.3, -0.25) is 4.79 Å². The number of carbonyl (C=O) groups is 1. The summed E-state index contributed by atoms with van der Waals surface area (Å²) in [4.78, 5) is 21.0. The number of nitrogens with one attached hydrogen (secondary N) is 1. The highest BCUT2D eigenvalue weighted by atomic mass is 35.5. The number of halogens is 2. The number of aromatic nitrogens is 2. The van der Waals surface area contributed by atoms with Gasteiger partial charge in [-0.2, -0.15) is 4.98 Å². The molecule has 1 aromatic heterocycles. The molecule has 0 radical (unpaired) electrons. The minimum absolute atomic E-state index is 0.110. The van der Waals surface area contributed by atoms with E-state index in [-0.39, 0.29) is 21.7 Å². The summed E-state index contributed by atoms with van der Waals surface area (Å²) < 4.78 is 16.3. The molecule has 8 nitrogen and oxygen atoms in total. The van der Waals surface area contributed by atoms with Gasteiger partial charge in [0.15, 0.2) is 0 Å². The second-order valence-corrected chi connectivity index (χ2v) is 7.54. The molecule has 0 bridgehead atoms. The molecule has 1 heterocycles. The van der Waals surface area contributed by atoms with E-state index in [9.17, 15) is 4.79 Å². The molecular formula is C23H18Cl2N4O4. The SMILES string of the molecule is COc1cc(OC)c(Cl)c(NC(=O)c2cccc3cc(Oc4ccnc(N)n4)ccc23)c1Cl. The number of ether oxygens (including phenoxy) is 3. The number of hydrogen-bond acceptors (Lipinski definition) is 7. The van der Waals surface area contributed by atoms with E-state index in [0.717, 1.165) is 5.39 Å². The molecule has 0 atom stereocenters. The maximum Gasteiger partial charge on any atom is 0.256 e. The predicted octanol–water partition coefficient (Wildman–Crippen LogP) is 5.58. The van der Waals surface area contributed by atoms with Crippen molar-refractivity contribution in [3.8, 4) is 23.1 Å². The van der Waals surface area contributed by atoms with Crippen molar-refractivity contribution in [3.05, 3.63) is 70.3 Å². The Labute approximate surface area is 199 Å². The number of amides is 1. The van der Waals surface area contributed by atoms with E-state index in [1.807, 2.05) is 6.07 Å². The van der Waals surface area contributed by atoms with Crippen molar-refractivity contribution < 1.29 is 19.0 Å². The Morgan fingerprint density at radius 2 is 1.73 bits per heavy atom. The molecule has 0 unspecified atom stereocenters. The van der Waals surface area contributed by atoms with Crippen LogP contribution < -0.4 is 25.3 Å². The summed E-state index contributed by atoms with van der Waals surface area (Å²) in [5, 5.41) is 4.58. The second kappa shape index (κ2) is 9.40. The van der Waals surface area contributed by atoms with Crippen molar-refractivity contribution in [1.29, 1.82) is 0 Å². The maximum atomic E-state index is 13.2. The number of carbonyl (C=O) groups excluding carboxylic acids is 1. The minimum atomic E-state index is -0.406. The van der Waals surface area contributed by atoms with Crippen molar-refractivity contribution in [3.63, 3.8) is 0 Å². The van der Waals surface area contributed by atoms with Gasteiger partial charge in [0.1, 0.15) is 27.3 Å². The third kappa shape index (κ3) is 4.57. The van der Waals surface area contributed by atoms with Crippen LogP contribution in [-0.2, 0) is 0 Å². The zero-order valence-corrected chi connectivity index (χ0v) is 19.1. The van der Waals surface area contributed by atoms with Crippen LogP contribution in [0.25, 0.3) is 10.8 Å². The summed E-state index contributed by atoms with van der Waals surface area (Å²) in [7, 11) is 2.92. The lowest BCUT2D eigenvalue weighted by Gasteiger charge is -2.16. The molecule has 1 amide bonds. The van der Waals surface area contributed by atoms with Crippen LogP contribution in [-0.4, -0.2) is 30.1 Å². The number of rotatable bonds is 6. The fourth-order valence-electron chi connectivity index (χ4n) is 3.23. The lowest BCUT2D eigenvalue weighted by Crippen LogP contribution is -2.13. The molecule has 3 N–H and O–H groups in total. The summed E-state index contributed by atoms with van der Waals surface area (Å²) >= 11 is 12.8. The molecule has 33 heavy (non-hydrogen) atoms. The number of nitrogens with two attached hydrogens (primary N) is 1. The molecule has 4 aromatic rings. The van der Waals surface area contributed by atoms with Gasteiger partial charge < -0.3 is 25.3 Å². The van der Waals surface area contributed by atoms with Gasteiger partial charge in [0.05, 0.1) is 19.9 Å². The van der Waals surface area contributed by atoms with E-state index in [4.69, 9.17) is 43.1 Å². The van der Waals surface area contributed by atoms with Crippen LogP contribution in [0.1, 0.15) is 10.4 Å². The number of methoxy groups -OCH3 is 2. The number of fused-ring (bicyclic) bond motifs is 1. The first-order valence-corrected chi connectivity index (χ1v) is 10.4. The number of anilines is 2. The van der Waals surface area contributed by atoms with Gasteiger partial charge in [-0.1, -0.05) is 35.3 Å². The van der Waals surface area contributed by atoms with Crippen molar-refractivity contribution in [2.75, 3.05) is 25.3 Å². The molecule has 0 aliphatic carbocycles. The van der Waals surface area contributed by atoms with E-state index in [0.29, 0.717) is 34.1 Å². The number of nitrogen functional groups attached to an aromatic ring is 1. The highest BCUT2D eigenvalue weighted by molar-refractivity contribution is 6.42. The van der Waals surface area contributed by atoms with Crippen molar-refractivity contribution in [2.24, 2.45) is 0 Å². The van der Waals surface area contributed by atoms with E-state index >= 15 is 0 Å². The van der Waals surface area contributed by atoms with Crippen LogP contribution in [0.2, 0.25) is 10.0 Å². The zero-order chi connectivity index (χ0) is 23.5. The topological polar surface area (TPSA) is 109 Å². The summed E-state index contributed by atoms with van der Waals surface area (Å²) in [6.45, 7) is 0. The van der Waals surface area contributed by atoms with Gasteiger partial charge >= 0.3 is 0 Å². The van der Waals surface area contributed by atoms with Crippen LogP contribution in [0.4, 0.5) is 11.6 Å². The van der Waals surface area contributed by atoms with Crippen molar-refractivity contribution >= 4 is 51.5 Å². The summed E-state index contributed by atoms with van der Waals surface area (Å²) in [6, 6.07) is 13.8. The first kappa shape index (κ1) is 22.4. The smallest absolute Gasteiger partial charge is 0.256 e. The average Bonchev–Trinajstić information content (AvgIpc) is 2.81. The first-order valence-electron chi connectivity index (χ1n) is 9.61. The Bertz CT molecular complexity index is 1340. The maximum absolute atomic E-state index is 13.2. The molecule has 0 aliphatic rings. The molecule has 0 aliphatic heterocycles. The van der Waals surface area contributed by atoms with Crippen LogP contribution in [0.15, 0.2) is 54.7 Å². The Kier molecular flexibility index (Phi) is 6.39. The van der Waals surface area contributed by atoms with Crippen LogP contribution in [0.3, 0.4) is 0 Å². The summed E-state index contributed by atoms with van der Waals surface area (Å²) in [6.07, 6.45) is 1.50. The van der Waals surface area contributed by atoms with E-state index in [1.165, 1.54) is 20.4 Å². The Morgan fingerprint density at radius 3 is 2.39 bits per heavy atom. The largest absolute Gasteiger partial charge is 0.495 e. The third-order valence-electron chi connectivity index (χ3n) is 4.78. The van der Waals surface area contributed by atoms with E-state index < -0.39 is 5.91 Å². The molecular weight excluding hydrogens is 467 g/mol. The normalized spacial score (nSPS) is 10.7. The molecule has 168 valence electrons. The zero-order valence-electron chi connectivity index (χ0n) is 17.6. The molecule has 0 fully saturated rings. The molecule has 3 aromatic carbocycles. The van der Waals surface area contributed by atoms with Gasteiger partial charge in [0.25, 0.3) is 5.91 Å². The number of benzene rings is 3. The van der Waals surface area contributed by atoms with Gasteiger partial charge in [0.2, 0.25) is 11.8 Å². The summed E-state index contributed by atoms with van der Waals surface area (Å²) in [5.74, 6) is 1.18. The Balaban J connectivity index is 1.67. The van der Waals surface area contributed by atoms with Crippen molar-refractivity contribution in [1.82, 2.24) is 9.97 Å².